The van der Waals surface area contributed by atoms with Gasteiger partial charge >= 0.3 is 0 Å². The van der Waals surface area contributed by atoms with Crippen LogP contribution in [-0.4, -0.2) is 11.0 Å². The monoisotopic (exact) mass is 414 g/mol. The number of benzene rings is 1. The number of nitrogens with two attached hydrogens (primary N) is 1. The van der Waals surface area contributed by atoms with Crippen molar-refractivity contribution in [1.82, 2.24) is 4.98 Å². The van der Waals surface area contributed by atoms with E-state index in [-0.39, 0.29) is 11.3 Å². The van der Waals surface area contributed by atoms with E-state index in [0.29, 0.717) is 0 Å². The lowest BCUT2D eigenvalue weighted by molar-refractivity contribution is 0.633. The third-order valence-corrected chi connectivity index (χ3v) is 5.88. The second-order valence-corrected chi connectivity index (χ2v) is 7.35. The third-order valence-electron chi connectivity index (χ3n) is 3.02. The molecular formula is C15H16Br2N2S. The molecule has 1 aromatic heterocycles. The first-order chi connectivity index (χ1) is 9.61. The lowest BCUT2D eigenvalue weighted by Gasteiger charge is -2.23. The molecule has 0 saturated heterocycles. The van der Waals surface area contributed by atoms with E-state index in [1.807, 2.05) is 18.3 Å². The Morgan fingerprint density at radius 1 is 1.20 bits per heavy atom. The van der Waals surface area contributed by atoms with Crippen LogP contribution in [0.15, 0.2) is 56.6 Å². The maximum atomic E-state index is 6.31. The van der Waals surface area contributed by atoms with Gasteiger partial charge in [-0.15, -0.1) is 0 Å². The van der Waals surface area contributed by atoms with Crippen LogP contribution in [0, 0.1) is 0 Å². The van der Waals surface area contributed by atoms with E-state index in [4.69, 9.17) is 5.73 Å². The average Bonchev–Trinajstić information content (AvgIpc) is 2.47. The molecule has 5 heteroatoms. The van der Waals surface area contributed by atoms with Crippen LogP contribution in [0.1, 0.15) is 24.2 Å². The molecule has 0 amide bonds. The molecule has 1 aromatic carbocycles. The first-order valence-corrected chi connectivity index (χ1v) is 8.86. The van der Waals surface area contributed by atoms with E-state index in [2.05, 4.69) is 68.0 Å². The maximum Gasteiger partial charge on any atom is 0.111 e. The predicted molar refractivity (Wildman–Crippen MR) is 92.9 cm³/mol. The van der Waals surface area contributed by atoms with Crippen LogP contribution in [-0.2, 0) is 0 Å². The van der Waals surface area contributed by atoms with Crippen LogP contribution in [0.5, 0.6) is 0 Å². The molecule has 0 spiro atoms. The van der Waals surface area contributed by atoms with E-state index in [1.165, 1.54) is 5.56 Å². The lowest BCUT2D eigenvalue weighted by Crippen LogP contribution is -2.25. The molecule has 2 aromatic rings. The van der Waals surface area contributed by atoms with Gasteiger partial charge in [0.2, 0.25) is 0 Å². The molecule has 2 N–H and O–H groups in total. The number of hydrogen-bond acceptors (Lipinski definition) is 3. The summed E-state index contributed by atoms with van der Waals surface area (Å²) in [6, 6.07) is 12.4. The van der Waals surface area contributed by atoms with Gasteiger partial charge in [-0.2, -0.15) is 0 Å². The van der Waals surface area contributed by atoms with Crippen LogP contribution in [0.25, 0.3) is 0 Å². The third kappa shape index (κ3) is 4.07. The Hall–Kier alpha value is -0.360. The van der Waals surface area contributed by atoms with Crippen molar-refractivity contribution in [3.8, 4) is 0 Å². The lowest BCUT2D eigenvalue weighted by atomic mass is 10.0. The molecule has 106 valence electrons. The number of thioether (sulfide) groups is 1. The molecule has 1 heterocycles. The molecule has 2 nitrogen and oxygen atoms in total. The maximum absolute atomic E-state index is 6.31. The molecule has 0 fully saturated rings. The van der Waals surface area contributed by atoms with Crippen LogP contribution >= 0.6 is 43.6 Å². The Bertz CT molecular complexity index is 560. The number of halogens is 2. The number of aromatic nitrogens is 1. The molecule has 2 rings (SSSR count). The summed E-state index contributed by atoms with van der Waals surface area (Å²) in [6.45, 7) is 2.12. The molecule has 0 radical (unpaired) electrons. The topological polar surface area (TPSA) is 38.9 Å². The van der Waals surface area contributed by atoms with Crippen LogP contribution < -0.4 is 5.73 Å². The van der Waals surface area contributed by atoms with E-state index in [1.54, 1.807) is 11.8 Å². The molecule has 2 unspecified atom stereocenters. The summed E-state index contributed by atoms with van der Waals surface area (Å²) in [5.74, 6) is 0. The van der Waals surface area contributed by atoms with Gasteiger partial charge in [-0.3, -0.25) is 0 Å². The Morgan fingerprint density at radius 3 is 2.50 bits per heavy atom. The second kappa shape index (κ2) is 7.59. The predicted octanol–water partition coefficient (Wildman–Crippen LogP) is 5.18. The van der Waals surface area contributed by atoms with Gasteiger partial charge in [0.05, 0.1) is 5.25 Å². The van der Waals surface area contributed by atoms with Gasteiger partial charge in [0.15, 0.2) is 0 Å². The Kier molecular flexibility index (Phi) is 6.08. The summed E-state index contributed by atoms with van der Waals surface area (Å²) in [6.07, 6.45) is 2.74. The molecule has 0 saturated carbocycles. The molecular weight excluding hydrogens is 400 g/mol. The van der Waals surface area contributed by atoms with Crippen molar-refractivity contribution in [3.63, 3.8) is 0 Å². The van der Waals surface area contributed by atoms with Crippen molar-refractivity contribution in [2.45, 2.75) is 29.7 Å². The van der Waals surface area contributed by atoms with Crippen molar-refractivity contribution in [3.05, 3.63) is 57.1 Å². The molecule has 2 atom stereocenters. The van der Waals surface area contributed by atoms with E-state index >= 15 is 0 Å². The summed E-state index contributed by atoms with van der Waals surface area (Å²) >= 11 is 8.73. The molecule has 0 aliphatic heterocycles. The number of rotatable bonds is 5. The smallest absolute Gasteiger partial charge is 0.111 e. The molecule has 0 aliphatic carbocycles. The highest BCUT2D eigenvalue weighted by atomic mass is 79.9. The number of hydrogen-bond donors (Lipinski definition) is 1. The van der Waals surface area contributed by atoms with Gasteiger partial charge in [0, 0.05) is 21.2 Å². The first-order valence-electron chi connectivity index (χ1n) is 6.40. The van der Waals surface area contributed by atoms with Crippen LogP contribution in [0.2, 0.25) is 0 Å². The van der Waals surface area contributed by atoms with Gasteiger partial charge in [-0.1, -0.05) is 46.7 Å². The van der Waals surface area contributed by atoms with Crippen molar-refractivity contribution in [2.24, 2.45) is 5.73 Å². The summed E-state index contributed by atoms with van der Waals surface area (Å²) in [7, 11) is 0. The quantitative estimate of drug-likeness (QED) is 0.684. The summed E-state index contributed by atoms with van der Waals surface area (Å²) < 4.78 is 2.09. The number of nitrogens with zero attached hydrogens (tertiary/aromatic N) is 1. The van der Waals surface area contributed by atoms with E-state index in [0.717, 1.165) is 20.4 Å². The molecule has 0 aliphatic rings. The Balaban J connectivity index is 2.29. The van der Waals surface area contributed by atoms with Gasteiger partial charge in [0.25, 0.3) is 0 Å². The van der Waals surface area contributed by atoms with Crippen molar-refractivity contribution >= 4 is 43.6 Å². The van der Waals surface area contributed by atoms with Gasteiger partial charge in [-0.25, -0.2) is 4.98 Å². The zero-order chi connectivity index (χ0) is 14.5. The highest BCUT2D eigenvalue weighted by Crippen LogP contribution is 2.40. The number of pyridine rings is 1. The fraction of sp³-hybridized carbons (Fsp3) is 0.267. The minimum absolute atomic E-state index is 0.0927. The second-order valence-electron chi connectivity index (χ2n) is 4.45. The Morgan fingerprint density at radius 2 is 1.90 bits per heavy atom. The van der Waals surface area contributed by atoms with Crippen molar-refractivity contribution in [1.29, 1.82) is 0 Å². The standard InChI is InChI=1S/C15H16Br2N2S/c1-2-13(18)14(10-5-7-11(16)8-6-10)20-15-12(17)4-3-9-19-15/h3-9,13-14H,2,18H2,1H3. The summed E-state index contributed by atoms with van der Waals surface area (Å²) in [4.78, 5) is 4.43. The van der Waals surface area contributed by atoms with Crippen LogP contribution in [0.3, 0.4) is 0 Å². The van der Waals surface area contributed by atoms with Gasteiger partial charge in [0.1, 0.15) is 5.03 Å². The van der Waals surface area contributed by atoms with Crippen molar-refractivity contribution < 1.29 is 0 Å². The summed E-state index contributed by atoms with van der Waals surface area (Å²) in [5, 5.41) is 1.17. The highest BCUT2D eigenvalue weighted by Gasteiger charge is 2.21. The van der Waals surface area contributed by atoms with E-state index < -0.39 is 0 Å². The minimum atomic E-state index is 0.0927. The van der Waals surface area contributed by atoms with Gasteiger partial charge in [-0.05, 0) is 52.2 Å². The van der Waals surface area contributed by atoms with Gasteiger partial charge < -0.3 is 5.73 Å². The normalized spacial score (nSPS) is 14.0. The summed E-state index contributed by atoms with van der Waals surface area (Å²) in [5.41, 5.74) is 7.54. The zero-order valence-electron chi connectivity index (χ0n) is 11.1. The van der Waals surface area contributed by atoms with E-state index in [9.17, 15) is 0 Å². The first kappa shape index (κ1) is 16.0. The van der Waals surface area contributed by atoms with Crippen LogP contribution in [0.4, 0.5) is 0 Å². The molecule has 20 heavy (non-hydrogen) atoms. The minimum Gasteiger partial charge on any atom is -0.326 e. The van der Waals surface area contributed by atoms with Crippen molar-refractivity contribution in [2.75, 3.05) is 0 Å². The SMILES string of the molecule is CCC(N)C(Sc1ncccc1Br)c1ccc(Br)cc1. The fourth-order valence-electron chi connectivity index (χ4n) is 1.85. The highest BCUT2D eigenvalue weighted by molar-refractivity contribution is 9.10. The zero-order valence-corrected chi connectivity index (χ0v) is 15.1. The largest absolute Gasteiger partial charge is 0.326 e. The fourth-order valence-corrected chi connectivity index (χ4v) is 3.85. The average molecular weight is 416 g/mol. The Labute approximate surface area is 140 Å². The molecule has 0 bridgehead atoms.